The number of nitrogens with zero attached hydrogens (tertiary/aromatic N) is 2. The number of hydrogen-bond donors (Lipinski definition) is 4. The first-order valence-corrected chi connectivity index (χ1v) is 20.1. The molecule has 0 bridgehead atoms. The van der Waals surface area contributed by atoms with Crippen LogP contribution in [0.3, 0.4) is 0 Å². The summed E-state index contributed by atoms with van der Waals surface area (Å²) in [6.45, 7) is 5.72. The number of nitrogens with one attached hydrogen (secondary N) is 2. The third-order valence-corrected chi connectivity index (χ3v) is 11.7. The van der Waals surface area contributed by atoms with E-state index < -0.39 is 40.0 Å². The van der Waals surface area contributed by atoms with Crippen LogP contribution in [0.15, 0.2) is 77.7 Å². The zero-order chi connectivity index (χ0) is 39.2. The molecule has 54 heavy (non-hydrogen) atoms. The topological polar surface area (TPSA) is 188 Å². The van der Waals surface area contributed by atoms with E-state index >= 15 is 0 Å². The van der Waals surface area contributed by atoms with Crippen molar-refractivity contribution in [3.8, 4) is 0 Å². The summed E-state index contributed by atoms with van der Waals surface area (Å²) in [7, 11) is -4.00. The maximum Gasteiger partial charge on any atom is 0.326 e. The molecule has 6 rings (SSSR count). The number of ether oxygens (including phenoxy) is 1. The van der Waals surface area contributed by atoms with Gasteiger partial charge in [-0.3, -0.25) is 30.1 Å². The van der Waals surface area contributed by atoms with Gasteiger partial charge in [0.1, 0.15) is 17.0 Å². The molecule has 3 aromatic carbocycles. The number of halogens is 1. The van der Waals surface area contributed by atoms with E-state index in [0.29, 0.717) is 19.3 Å². The number of aryl methyl sites for hydroxylation is 1. The van der Waals surface area contributed by atoms with E-state index in [1.54, 1.807) is 23.8 Å². The van der Waals surface area contributed by atoms with Crippen LogP contribution < -0.4 is 20.9 Å². The van der Waals surface area contributed by atoms with Gasteiger partial charge in [0.25, 0.3) is 5.91 Å². The van der Waals surface area contributed by atoms with Crippen LogP contribution in [0, 0.1) is 5.92 Å². The Kier molecular flexibility index (Phi) is 13.4. The van der Waals surface area contributed by atoms with Crippen LogP contribution in [0.4, 0.5) is 5.69 Å². The van der Waals surface area contributed by atoms with Crippen molar-refractivity contribution in [2.45, 2.75) is 101 Å². The lowest BCUT2D eigenvalue weighted by atomic mass is 10.0. The number of sulfonamides is 1. The Bertz CT molecular complexity index is 1950. The van der Waals surface area contributed by atoms with E-state index in [0.717, 1.165) is 42.5 Å². The average Bonchev–Trinajstić information content (AvgIpc) is 3.83. The van der Waals surface area contributed by atoms with Gasteiger partial charge in [-0.05, 0) is 101 Å². The van der Waals surface area contributed by atoms with Gasteiger partial charge in [-0.15, -0.1) is 0 Å². The van der Waals surface area contributed by atoms with Gasteiger partial charge < -0.3 is 14.7 Å². The van der Waals surface area contributed by atoms with E-state index in [1.165, 1.54) is 18.2 Å². The number of carboxylic acids is 1. The van der Waals surface area contributed by atoms with Crippen molar-refractivity contribution in [3.05, 3.63) is 94.5 Å². The van der Waals surface area contributed by atoms with Gasteiger partial charge in [0.05, 0.1) is 29.4 Å². The summed E-state index contributed by atoms with van der Waals surface area (Å²) in [5.41, 5.74) is 6.16. The second-order valence-corrected chi connectivity index (χ2v) is 15.9. The molecule has 2 aliphatic heterocycles. The maximum atomic E-state index is 13.2. The molecule has 15 heteroatoms. The largest absolute Gasteiger partial charge is 0.480 e. The summed E-state index contributed by atoms with van der Waals surface area (Å²) >= 11 is 5.84. The standard InChI is InChI=1S/C23H32N2O5.C16H16ClN3O3S/c1-3-30-23(29)18(13-12-16-8-5-4-6-9-16)24-15(2)21(26)25-19-11-7-10-17(19)14-20(25)22(27)28;1-10-8-11-4-2-3-5-14(11)20(10)19-16(21)12-6-7-13(17)15(9-12)24(18,22)23/h4-6,8-9,15,17-20,24H,3,7,10-14H2,1-2H3,(H,27,28);2-7,9-10H,8H2,1H3,(H,19,21)(H2,18,22,23)/t15-,17-,18-,19-,20-;/m0./s1. The zero-order valence-corrected chi connectivity index (χ0v) is 32.2. The molecule has 3 aromatic rings. The van der Waals surface area contributed by atoms with Gasteiger partial charge in [-0.25, -0.2) is 18.4 Å². The number of amides is 2. The van der Waals surface area contributed by atoms with E-state index in [9.17, 15) is 32.7 Å². The van der Waals surface area contributed by atoms with Crippen molar-refractivity contribution in [3.63, 3.8) is 0 Å². The van der Waals surface area contributed by atoms with Gasteiger partial charge in [-0.1, -0.05) is 66.6 Å². The summed E-state index contributed by atoms with van der Waals surface area (Å²) in [4.78, 5) is 51.3. The smallest absolute Gasteiger partial charge is 0.326 e. The molecular weight excluding hydrogens is 734 g/mol. The number of carboxylic acid groups (broad SMARTS) is 1. The highest BCUT2D eigenvalue weighted by Crippen LogP contribution is 2.41. The highest BCUT2D eigenvalue weighted by Gasteiger charge is 2.49. The molecule has 2 heterocycles. The molecule has 1 saturated carbocycles. The summed E-state index contributed by atoms with van der Waals surface area (Å²) in [5, 5.41) is 19.6. The molecule has 1 unspecified atom stereocenters. The minimum atomic E-state index is -4.00. The fourth-order valence-corrected chi connectivity index (χ4v) is 8.73. The Labute approximate surface area is 321 Å². The molecule has 6 atom stereocenters. The molecule has 2 fully saturated rings. The molecule has 3 aliphatic rings. The second kappa shape index (κ2) is 17.8. The van der Waals surface area contributed by atoms with E-state index in [-0.39, 0.29) is 52.0 Å². The van der Waals surface area contributed by atoms with Gasteiger partial charge >= 0.3 is 11.9 Å². The van der Waals surface area contributed by atoms with Crippen molar-refractivity contribution < 1.29 is 37.4 Å². The van der Waals surface area contributed by atoms with Gasteiger partial charge in [0.2, 0.25) is 15.9 Å². The quantitative estimate of drug-likeness (QED) is 0.191. The van der Waals surface area contributed by atoms with Crippen LogP contribution in [0.2, 0.25) is 5.02 Å². The summed E-state index contributed by atoms with van der Waals surface area (Å²) in [6, 6.07) is 19.6. The highest BCUT2D eigenvalue weighted by atomic mass is 35.5. The number of para-hydroxylation sites is 1. The summed E-state index contributed by atoms with van der Waals surface area (Å²) in [6.07, 6.45) is 5.35. The number of carbonyl (C=O) groups is 4. The summed E-state index contributed by atoms with van der Waals surface area (Å²) < 4.78 is 28.3. The van der Waals surface area contributed by atoms with Crippen LogP contribution in [-0.4, -0.2) is 79.0 Å². The third-order valence-electron chi connectivity index (χ3n) is 10.3. The van der Waals surface area contributed by atoms with Crippen LogP contribution in [-0.2, 0) is 42.0 Å². The first-order chi connectivity index (χ1) is 25.7. The molecule has 290 valence electrons. The lowest BCUT2D eigenvalue weighted by molar-refractivity contribution is -0.151. The number of esters is 1. The predicted octanol–water partition coefficient (Wildman–Crippen LogP) is 4.47. The molecule has 2 amide bonds. The Balaban J connectivity index is 0.000000213. The normalized spacial score (nSPS) is 21.3. The number of likely N-dealkylation sites (tertiary alicyclic amines) is 1. The Morgan fingerprint density at radius 3 is 2.43 bits per heavy atom. The van der Waals surface area contributed by atoms with Crippen molar-refractivity contribution in [2.24, 2.45) is 11.1 Å². The Morgan fingerprint density at radius 2 is 1.74 bits per heavy atom. The Hall–Kier alpha value is -4.50. The second-order valence-electron chi connectivity index (χ2n) is 14.0. The number of benzene rings is 3. The number of hydrogen-bond acceptors (Lipinski definition) is 9. The van der Waals surface area contributed by atoms with Crippen LogP contribution in [0.25, 0.3) is 0 Å². The summed E-state index contributed by atoms with van der Waals surface area (Å²) in [5.74, 6) is -1.74. The van der Waals surface area contributed by atoms with Crippen LogP contribution >= 0.6 is 11.6 Å². The van der Waals surface area contributed by atoms with Crippen molar-refractivity contribution in [1.29, 1.82) is 0 Å². The number of nitrogens with two attached hydrogens (primary N) is 1. The molecule has 0 radical (unpaired) electrons. The molecule has 1 aliphatic carbocycles. The molecule has 1 saturated heterocycles. The lowest BCUT2D eigenvalue weighted by Crippen LogP contribution is -2.55. The van der Waals surface area contributed by atoms with E-state index in [4.69, 9.17) is 21.5 Å². The zero-order valence-electron chi connectivity index (χ0n) is 30.6. The molecule has 13 nitrogen and oxygen atoms in total. The SMILES string of the molecule is CC1Cc2ccccc2N1NC(=O)c1ccc(Cl)c(S(N)(=O)=O)c1.CCOC(=O)[C@H](CCc1ccccc1)N[C@@H](C)C(=O)N1[C@H](C(=O)O)C[C@@H]2CCC[C@@H]21. The first-order valence-electron chi connectivity index (χ1n) is 18.2. The number of carbonyl (C=O) groups excluding carboxylic acids is 3. The van der Waals surface area contributed by atoms with Crippen LogP contribution in [0.1, 0.15) is 74.4 Å². The lowest BCUT2D eigenvalue weighted by Gasteiger charge is -2.31. The molecular formula is C39H48ClN5O8S. The number of rotatable bonds is 12. The van der Waals surface area contributed by atoms with Crippen molar-refractivity contribution >= 4 is 51.1 Å². The van der Waals surface area contributed by atoms with Crippen LogP contribution in [0.5, 0.6) is 0 Å². The average molecular weight is 782 g/mol. The number of fused-ring (bicyclic) bond motifs is 2. The highest BCUT2D eigenvalue weighted by molar-refractivity contribution is 7.89. The minimum absolute atomic E-state index is 0.00629. The molecule has 0 aromatic heterocycles. The monoisotopic (exact) mass is 781 g/mol. The van der Waals surface area contributed by atoms with Gasteiger partial charge in [-0.2, -0.15) is 0 Å². The third kappa shape index (κ3) is 9.59. The molecule has 5 N–H and O–H groups in total. The Morgan fingerprint density at radius 1 is 1.04 bits per heavy atom. The minimum Gasteiger partial charge on any atom is -0.480 e. The molecule has 0 spiro atoms. The van der Waals surface area contributed by atoms with Gasteiger partial charge in [0, 0.05) is 11.6 Å². The van der Waals surface area contributed by atoms with Crippen molar-refractivity contribution in [1.82, 2.24) is 15.6 Å². The fraction of sp³-hybridized carbons (Fsp3) is 0.436. The van der Waals surface area contributed by atoms with E-state index in [1.807, 2.05) is 61.5 Å². The number of hydrazine groups is 1. The number of aliphatic carboxylic acids is 1. The van der Waals surface area contributed by atoms with Crippen molar-refractivity contribution in [2.75, 3.05) is 11.6 Å². The van der Waals surface area contributed by atoms with Gasteiger partial charge in [0.15, 0.2) is 0 Å². The number of anilines is 1. The first kappa shape index (κ1) is 40.7. The number of primary sulfonamides is 1. The maximum absolute atomic E-state index is 13.2. The predicted molar refractivity (Wildman–Crippen MR) is 204 cm³/mol. The fourth-order valence-electron chi connectivity index (χ4n) is 7.66. The van der Waals surface area contributed by atoms with E-state index in [2.05, 4.69) is 10.7 Å².